The number of hydrogen-bond donors (Lipinski definition) is 3. The van der Waals surface area contributed by atoms with E-state index in [0.29, 0.717) is 33.6 Å². The number of carbonyl (C=O) groups is 1. The Morgan fingerprint density at radius 3 is 2.50 bits per heavy atom. The van der Waals surface area contributed by atoms with Crippen molar-refractivity contribution in [2.24, 2.45) is 5.16 Å². The van der Waals surface area contributed by atoms with E-state index in [-0.39, 0.29) is 22.9 Å². The van der Waals surface area contributed by atoms with Gasteiger partial charge in [0.25, 0.3) is 10.0 Å². The van der Waals surface area contributed by atoms with E-state index in [1.54, 1.807) is 55.6 Å². The minimum Gasteiger partial charge on any atom is -0.497 e. The molecule has 0 radical (unpaired) electrons. The zero-order valence-corrected chi connectivity index (χ0v) is 22.4. The molecule has 206 valence electrons. The van der Waals surface area contributed by atoms with E-state index >= 15 is 0 Å². The first-order valence-corrected chi connectivity index (χ1v) is 13.3. The van der Waals surface area contributed by atoms with Gasteiger partial charge in [-0.2, -0.15) is 0 Å². The van der Waals surface area contributed by atoms with E-state index in [0.717, 1.165) is 4.31 Å². The summed E-state index contributed by atoms with van der Waals surface area (Å²) >= 11 is 0. The van der Waals surface area contributed by atoms with Crippen LogP contribution in [-0.4, -0.2) is 43.2 Å². The monoisotopic (exact) mass is 562 g/mol. The van der Waals surface area contributed by atoms with Gasteiger partial charge < -0.3 is 14.7 Å². The molecule has 0 aliphatic heterocycles. The maximum Gasteiger partial charge on any atom is 0.436 e. The number of methoxy groups -OCH3 is 1. The highest BCUT2D eigenvalue weighted by Gasteiger charge is 2.31. The molecule has 0 bridgehead atoms. The average Bonchev–Trinajstić information content (AvgIpc) is 2.97. The average molecular weight is 563 g/mol. The summed E-state index contributed by atoms with van der Waals surface area (Å²) in [6.45, 7) is 1.53. The summed E-state index contributed by atoms with van der Waals surface area (Å²) in [5.74, 6) is 0.338. The molecule has 0 fully saturated rings. The SMILES string of the molecule is COc1ccc(S(=O)(=O)N(Cc2cccnc2)c2c(C)cc(-c3ccccc3C=NO)cc2OC(=O)NO)cc1. The van der Waals surface area contributed by atoms with Crippen LogP contribution in [0.3, 0.4) is 0 Å². The molecule has 0 spiro atoms. The van der Waals surface area contributed by atoms with Crippen molar-refractivity contribution in [3.05, 3.63) is 102 Å². The predicted molar refractivity (Wildman–Crippen MR) is 148 cm³/mol. The molecule has 0 atom stereocenters. The molecular formula is C28H26N4O7S. The molecule has 1 heterocycles. The van der Waals surface area contributed by atoms with Gasteiger partial charge in [0.15, 0.2) is 5.75 Å². The van der Waals surface area contributed by atoms with Crippen LogP contribution in [0.5, 0.6) is 11.5 Å². The Morgan fingerprint density at radius 1 is 1.10 bits per heavy atom. The first-order chi connectivity index (χ1) is 19.3. The molecule has 40 heavy (non-hydrogen) atoms. The smallest absolute Gasteiger partial charge is 0.436 e. The molecule has 0 saturated heterocycles. The van der Waals surface area contributed by atoms with Crippen LogP contribution in [0.1, 0.15) is 16.7 Å². The number of hydrogen-bond acceptors (Lipinski definition) is 9. The zero-order chi connectivity index (χ0) is 28.7. The number of benzene rings is 3. The standard InChI is InChI=1S/C28H26N4O7S/c1-19-14-22(25-8-4-3-7-21(25)17-30-34)15-26(39-28(33)31-35)27(19)32(18-20-6-5-13-29-16-20)40(36,37)24-11-9-23(38-2)10-12-24/h3-17,34-35H,18H2,1-2H3,(H,31,33). The van der Waals surface area contributed by atoms with Gasteiger partial charge in [0.2, 0.25) is 0 Å². The molecule has 0 aliphatic rings. The molecule has 1 aromatic heterocycles. The van der Waals surface area contributed by atoms with E-state index in [1.807, 2.05) is 0 Å². The van der Waals surface area contributed by atoms with E-state index in [1.165, 1.54) is 55.3 Å². The number of aryl methyl sites for hydroxylation is 1. The van der Waals surface area contributed by atoms with Crippen molar-refractivity contribution in [3.8, 4) is 22.6 Å². The maximum atomic E-state index is 14.1. The summed E-state index contributed by atoms with van der Waals surface area (Å²) in [5.41, 5.74) is 4.23. The molecule has 3 aromatic carbocycles. The van der Waals surface area contributed by atoms with Crippen LogP contribution in [0.2, 0.25) is 0 Å². The van der Waals surface area contributed by atoms with Gasteiger partial charge in [-0.25, -0.2) is 18.7 Å². The minimum atomic E-state index is -4.24. The van der Waals surface area contributed by atoms with Gasteiger partial charge in [-0.05, 0) is 71.6 Å². The van der Waals surface area contributed by atoms with Crippen molar-refractivity contribution in [2.75, 3.05) is 11.4 Å². The maximum absolute atomic E-state index is 14.1. The van der Waals surface area contributed by atoms with Gasteiger partial charge in [0.05, 0.1) is 30.5 Å². The lowest BCUT2D eigenvalue weighted by molar-refractivity contribution is 0.128. The Morgan fingerprint density at radius 2 is 1.85 bits per heavy atom. The molecule has 0 unspecified atom stereocenters. The molecule has 1 amide bonds. The number of carbonyl (C=O) groups excluding carboxylic acids is 1. The van der Waals surface area contributed by atoms with Crippen molar-refractivity contribution in [3.63, 3.8) is 0 Å². The van der Waals surface area contributed by atoms with Gasteiger partial charge in [0, 0.05) is 18.0 Å². The zero-order valence-electron chi connectivity index (χ0n) is 21.6. The summed E-state index contributed by atoms with van der Waals surface area (Å²) in [7, 11) is -2.76. The fourth-order valence-electron chi connectivity index (χ4n) is 4.17. The van der Waals surface area contributed by atoms with Crippen LogP contribution in [0, 0.1) is 6.92 Å². The molecule has 0 aliphatic carbocycles. The minimum absolute atomic E-state index is 0.0253. The van der Waals surface area contributed by atoms with E-state index < -0.39 is 16.1 Å². The van der Waals surface area contributed by atoms with E-state index in [4.69, 9.17) is 14.7 Å². The Hall–Kier alpha value is -4.94. The molecule has 3 N–H and O–H groups in total. The molecule has 0 saturated carbocycles. The number of oxime groups is 1. The van der Waals surface area contributed by atoms with E-state index in [9.17, 15) is 18.4 Å². The van der Waals surface area contributed by atoms with Crippen molar-refractivity contribution < 1.29 is 33.1 Å². The Balaban J connectivity index is 1.96. The highest BCUT2D eigenvalue weighted by atomic mass is 32.2. The fraction of sp³-hybridized carbons (Fsp3) is 0.107. The highest BCUT2D eigenvalue weighted by molar-refractivity contribution is 7.92. The van der Waals surface area contributed by atoms with Crippen molar-refractivity contribution in [1.82, 2.24) is 10.5 Å². The van der Waals surface area contributed by atoms with Gasteiger partial charge in [-0.1, -0.05) is 35.5 Å². The second-order valence-corrected chi connectivity index (χ2v) is 10.4. The summed E-state index contributed by atoms with van der Waals surface area (Å²) in [6, 6.07) is 19.5. The molecule has 11 nitrogen and oxygen atoms in total. The van der Waals surface area contributed by atoms with Crippen molar-refractivity contribution in [1.29, 1.82) is 0 Å². The van der Waals surface area contributed by atoms with Gasteiger partial charge >= 0.3 is 6.09 Å². The molecule has 4 rings (SSSR count). The lowest BCUT2D eigenvalue weighted by Gasteiger charge is -2.28. The number of hydroxylamine groups is 1. The predicted octanol–water partition coefficient (Wildman–Crippen LogP) is 4.75. The van der Waals surface area contributed by atoms with Crippen LogP contribution < -0.4 is 19.3 Å². The molecular weight excluding hydrogens is 536 g/mol. The number of amides is 1. The van der Waals surface area contributed by atoms with Crippen molar-refractivity contribution in [2.45, 2.75) is 18.4 Å². The Bertz CT molecular complexity index is 1630. The van der Waals surface area contributed by atoms with Crippen LogP contribution >= 0.6 is 0 Å². The normalized spacial score (nSPS) is 11.3. The number of pyridine rings is 1. The topological polar surface area (TPSA) is 151 Å². The van der Waals surface area contributed by atoms with Crippen LogP contribution in [0.4, 0.5) is 10.5 Å². The van der Waals surface area contributed by atoms with Crippen molar-refractivity contribution >= 4 is 28.0 Å². The third-order valence-electron chi connectivity index (χ3n) is 5.97. The highest BCUT2D eigenvalue weighted by Crippen LogP contribution is 2.41. The number of anilines is 1. The fourth-order valence-corrected chi connectivity index (χ4v) is 5.70. The number of rotatable bonds is 9. The second kappa shape index (κ2) is 12.3. The van der Waals surface area contributed by atoms with Gasteiger partial charge in [-0.15, -0.1) is 0 Å². The number of ether oxygens (including phenoxy) is 2. The quantitative estimate of drug-likeness (QED) is 0.114. The van der Waals surface area contributed by atoms with E-state index in [2.05, 4.69) is 10.1 Å². The summed E-state index contributed by atoms with van der Waals surface area (Å²) < 4.78 is 39.9. The molecule has 12 heteroatoms. The Kier molecular flexibility index (Phi) is 8.62. The lowest BCUT2D eigenvalue weighted by Crippen LogP contribution is -2.32. The summed E-state index contributed by atoms with van der Waals surface area (Å²) in [6.07, 6.45) is 3.14. The Labute approximate surface area is 230 Å². The summed E-state index contributed by atoms with van der Waals surface area (Å²) in [4.78, 5) is 16.3. The van der Waals surface area contributed by atoms with Gasteiger partial charge in [-0.3, -0.25) is 14.5 Å². The third-order valence-corrected chi connectivity index (χ3v) is 7.73. The number of sulfonamides is 1. The van der Waals surface area contributed by atoms with Crippen LogP contribution in [0.25, 0.3) is 11.1 Å². The largest absolute Gasteiger partial charge is 0.497 e. The first-order valence-electron chi connectivity index (χ1n) is 11.9. The lowest BCUT2D eigenvalue weighted by atomic mass is 9.97. The number of nitrogens with one attached hydrogen (secondary N) is 1. The van der Waals surface area contributed by atoms with Gasteiger partial charge in [0.1, 0.15) is 5.75 Å². The van der Waals surface area contributed by atoms with Crippen LogP contribution in [0.15, 0.2) is 95.2 Å². The summed E-state index contributed by atoms with van der Waals surface area (Å²) in [5, 5.41) is 21.4. The first kappa shape index (κ1) is 28.1. The number of nitrogens with zero attached hydrogens (tertiary/aromatic N) is 3. The number of aromatic nitrogens is 1. The van der Waals surface area contributed by atoms with Crippen LogP contribution in [-0.2, 0) is 16.6 Å². The molecule has 4 aromatic rings. The second-order valence-electron chi connectivity index (χ2n) is 8.52. The third kappa shape index (κ3) is 6.03.